The molecule has 0 aromatic carbocycles. The van der Waals surface area contributed by atoms with E-state index in [1.165, 1.54) is 0 Å². The van der Waals surface area contributed by atoms with Crippen molar-refractivity contribution in [1.29, 1.82) is 0 Å². The molecule has 1 aromatic rings. The number of carboxylic acids is 1. The molecule has 0 radical (unpaired) electrons. The van der Waals surface area contributed by atoms with Gasteiger partial charge >= 0.3 is 5.97 Å². The zero-order chi connectivity index (χ0) is 8.55. The van der Waals surface area contributed by atoms with Gasteiger partial charge in [0.1, 0.15) is 11.9 Å². The predicted octanol–water partition coefficient (Wildman–Crippen LogP) is 0.232. The summed E-state index contributed by atoms with van der Waals surface area (Å²) in [6, 6.07) is 1.08. The molecule has 5 nitrogen and oxygen atoms in total. The lowest BCUT2D eigenvalue weighted by atomic mass is 10.2. The van der Waals surface area contributed by atoms with Crippen LogP contribution in [0.25, 0.3) is 6.20 Å². The second-order valence-electron chi connectivity index (χ2n) is 2.46. The van der Waals surface area contributed by atoms with Crippen molar-refractivity contribution in [3.05, 3.63) is 18.3 Å². The first-order valence-corrected chi connectivity index (χ1v) is 3.48. The van der Waals surface area contributed by atoms with Crippen molar-refractivity contribution < 1.29 is 9.90 Å². The van der Waals surface area contributed by atoms with Gasteiger partial charge in [0, 0.05) is 12.3 Å². The number of hydrogen-bond donors (Lipinski definition) is 2. The van der Waals surface area contributed by atoms with Gasteiger partial charge in [0.25, 0.3) is 0 Å². The Kier molecular flexibility index (Phi) is 1.36. The van der Waals surface area contributed by atoms with Crippen molar-refractivity contribution in [1.82, 2.24) is 9.78 Å². The summed E-state index contributed by atoms with van der Waals surface area (Å²) in [6.07, 6.45) is 4.78. The van der Waals surface area contributed by atoms with Gasteiger partial charge in [-0.3, -0.25) is 0 Å². The summed E-state index contributed by atoms with van der Waals surface area (Å²) in [5, 5.41) is 15.4. The molecular formula is C7H7N3O2. The van der Waals surface area contributed by atoms with Crippen LogP contribution in [0, 0.1) is 0 Å². The number of fused-ring (bicyclic) bond motifs is 1. The van der Waals surface area contributed by atoms with E-state index in [9.17, 15) is 4.79 Å². The van der Waals surface area contributed by atoms with Crippen LogP contribution in [0.4, 0.5) is 5.82 Å². The Hall–Kier alpha value is -1.78. The van der Waals surface area contributed by atoms with E-state index in [0.29, 0.717) is 5.82 Å². The van der Waals surface area contributed by atoms with Gasteiger partial charge in [0.2, 0.25) is 0 Å². The molecular weight excluding hydrogens is 158 g/mol. The molecule has 1 atom stereocenters. The predicted molar refractivity (Wildman–Crippen MR) is 42.6 cm³/mol. The lowest BCUT2D eigenvalue weighted by molar-refractivity contribution is -0.136. The molecule has 2 N–H and O–H groups in total. The summed E-state index contributed by atoms with van der Waals surface area (Å²) >= 11 is 0. The van der Waals surface area contributed by atoms with E-state index in [4.69, 9.17) is 5.11 Å². The summed E-state index contributed by atoms with van der Waals surface area (Å²) in [7, 11) is 0. The van der Waals surface area contributed by atoms with Crippen molar-refractivity contribution in [2.45, 2.75) is 6.04 Å². The largest absolute Gasteiger partial charge is 0.479 e. The number of aliphatic carboxylic acids is 1. The van der Waals surface area contributed by atoms with Gasteiger partial charge in [-0.25, -0.2) is 9.48 Å². The molecule has 2 rings (SSSR count). The van der Waals surface area contributed by atoms with E-state index in [-0.39, 0.29) is 0 Å². The number of anilines is 1. The third-order valence-electron chi connectivity index (χ3n) is 1.66. The third-order valence-corrected chi connectivity index (χ3v) is 1.66. The molecule has 0 amide bonds. The molecule has 12 heavy (non-hydrogen) atoms. The molecule has 0 saturated carbocycles. The zero-order valence-electron chi connectivity index (χ0n) is 6.14. The smallest absolute Gasteiger partial charge is 0.330 e. The maximum atomic E-state index is 10.5. The van der Waals surface area contributed by atoms with Crippen LogP contribution in [0.5, 0.6) is 0 Å². The van der Waals surface area contributed by atoms with Gasteiger partial charge in [0.05, 0.1) is 6.20 Å². The molecule has 62 valence electrons. The fraction of sp³-hybridized carbons (Fsp3) is 0.143. The first-order valence-electron chi connectivity index (χ1n) is 3.48. The molecule has 1 aromatic heterocycles. The van der Waals surface area contributed by atoms with Gasteiger partial charge < -0.3 is 10.4 Å². The molecule has 0 aliphatic carbocycles. The minimum Gasteiger partial charge on any atom is -0.479 e. The highest BCUT2D eigenvalue weighted by Gasteiger charge is 2.18. The van der Waals surface area contributed by atoms with Crippen molar-refractivity contribution in [3.8, 4) is 0 Å². The second kappa shape index (κ2) is 2.37. The Morgan fingerprint density at radius 2 is 2.58 bits per heavy atom. The van der Waals surface area contributed by atoms with Gasteiger partial charge in [-0.15, -0.1) is 0 Å². The Balaban J connectivity index is 2.30. The number of nitrogens with one attached hydrogen (secondary N) is 1. The molecule has 5 heteroatoms. The van der Waals surface area contributed by atoms with Crippen molar-refractivity contribution in [2.24, 2.45) is 0 Å². The van der Waals surface area contributed by atoms with E-state index < -0.39 is 12.0 Å². The highest BCUT2D eigenvalue weighted by Crippen LogP contribution is 2.13. The fourth-order valence-corrected chi connectivity index (χ4v) is 1.07. The quantitative estimate of drug-likeness (QED) is 0.625. The van der Waals surface area contributed by atoms with Crippen LogP contribution < -0.4 is 5.32 Å². The molecule has 2 heterocycles. The van der Waals surface area contributed by atoms with Gasteiger partial charge in [-0.1, -0.05) is 0 Å². The summed E-state index contributed by atoms with van der Waals surface area (Å²) in [5.74, 6) is -0.191. The molecule has 0 unspecified atom stereocenters. The normalized spacial score (nSPS) is 19.8. The van der Waals surface area contributed by atoms with Crippen LogP contribution in [0.2, 0.25) is 0 Å². The van der Waals surface area contributed by atoms with Crippen LogP contribution in [0.3, 0.4) is 0 Å². The first-order chi connectivity index (χ1) is 5.77. The lowest BCUT2D eigenvalue weighted by Crippen LogP contribution is -2.30. The maximum Gasteiger partial charge on any atom is 0.330 e. The highest BCUT2D eigenvalue weighted by atomic mass is 16.4. The third kappa shape index (κ3) is 0.952. The van der Waals surface area contributed by atoms with Crippen molar-refractivity contribution in [2.75, 3.05) is 5.32 Å². The zero-order valence-corrected chi connectivity index (χ0v) is 6.14. The lowest BCUT2D eigenvalue weighted by Gasteiger charge is -2.16. The SMILES string of the molecule is O=C(O)[C@H]1C=Cn2nccc2N1. The monoisotopic (exact) mass is 165 g/mol. The molecule has 0 spiro atoms. The first kappa shape index (κ1) is 6.90. The van der Waals surface area contributed by atoms with Gasteiger partial charge in [-0.2, -0.15) is 5.10 Å². The Morgan fingerprint density at radius 3 is 3.33 bits per heavy atom. The Labute approximate surface area is 68.3 Å². The van der Waals surface area contributed by atoms with Gasteiger partial charge in [-0.05, 0) is 6.08 Å². The molecule has 0 fully saturated rings. The second-order valence-corrected chi connectivity index (χ2v) is 2.46. The number of nitrogens with zero attached hydrogens (tertiary/aromatic N) is 2. The number of carboxylic acid groups (broad SMARTS) is 1. The number of hydrogen-bond acceptors (Lipinski definition) is 3. The van der Waals surface area contributed by atoms with Gasteiger partial charge in [0.15, 0.2) is 0 Å². The maximum absolute atomic E-state index is 10.5. The average molecular weight is 165 g/mol. The van der Waals surface area contributed by atoms with Crippen LogP contribution in [0.15, 0.2) is 18.3 Å². The molecule has 1 aliphatic rings. The Morgan fingerprint density at radius 1 is 1.75 bits per heavy atom. The Bertz CT molecular complexity index is 342. The topological polar surface area (TPSA) is 67.1 Å². The molecule has 1 aliphatic heterocycles. The molecule has 0 bridgehead atoms. The van der Waals surface area contributed by atoms with Crippen molar-refractivity contribution >= 4 is 18.0 Å². The van der Waals surface area contributed by atoms with Crippen LogP contribution >= 0.6 is 0 Å². The minimum atomic E-state index is -0.890. The summed E-state index contributed by atoms with van der Waals surface area (Å²) in [5.41, 5.74) is 0. The van der Waals surface area contributed by atoms with Crippen LogP contribution in [-0.2, 0) is 4.79 Å². The average Bonchev–Trinajstić information content (AvgIpc) is 2.49. The summed E-state index contributed by atoms with van der Waals surface area (Å²) in [6.45, 7) is 0. The van der Waals surface area contributed by atoms with Crippen LogP contribution in [-0.4, -0.2) is 26.9 Å². The standard InChI is InChI=1S/C7H7N3O2/c11-7(12)5-2-4-10-6(9-5)1-3-8-10/h1-5,9H,(H,11,12)/t5-/m1/s1. The highest BCUT2D eigenvalue weighted by molar-refractivity contribution is 5.81. The van der Waals surface area contributed by atoms with Crippen molar-refractivity contribution in [3.63, 3.8) is 0 Å². The minimum absolute atomic E-state index is 0.644. The summed E-state index contributed by atoms with van der Waals surface area (Å²) in [4.78, 5) is 10.5. The fourth-order valence-electron chi connectivity index (χ4n) is 1.07. The number of aromatic nitrogens is 2. The summed E-state index contributed by atoms with van der Waals surface area (Å²) < 4.78 is 1.58. The van der Waals surface area contributed by atoms with Crippen LogP contribution in [0.1, 0.15) is 0 Å². The number of rotatable bonds is 1. The van der Waals surface area contributed by atoms with E-state index in [2.05, 4.69) is 10.4 Å². The van der Waals surface area contributed by atoms with E-state index in [1.807, 2.05) is 0 Å². The van der Waals surface area contributed by atoms with E-state index in [0.717, 1.165) is 0 Å². The van der Waals surface area contributed by atoms with E-state index in [1.54, 1.807) is 29.2 Å². The number of carbonyl (C=O) groups is 1. The van der Waals surface area contributed by atoms with E-state index >= 15 is 0 Å². The molecule has 0 saturated heterocycles.